The van der Waals surface area contributed by atoms with Crippen molar-refractivity contribution in [2.24, 2.45) is 5.92 Å². The third kappa shape index (κ3) is 2.05. The predicted octanol–water partition coefficient (Wildman–Crippen LogP) is 4.03. The molecule has 0 aliphatic carbocycles. The van der Waals surface area contributed by atoms with Gasteiger partial charge in [0.25, 0.3) is 0 Å². The maximum atomic E-state index is 5.99. The summed E-state index contributed by atoms with van der Waals surface area (Å²) in [4.78, 5) is 0. The van der Waals surface area contributed by atoms with Crippen LogP contribution in [0.1, 0.15) is 24.5 Å². The van der Waals surface area contributed by atoms with E-state index in [0.717, 1.165) is 22.2 Å². The van der Waals surface area contributed by atoms with Crippen LogP contribution in [0.25, 0.3) is 0 Å². The minimum Gasteiger partial charge on any atom is -0.373 e. The third-order valence-electron chi connectivity index (χ3n) is 3.55. The number of ether oxygens (including phenoxy) is 1. The molecule has 0 N–H and O–H groups in total. The normalized spacial score (nSPS) is 33.7. The van der Waals surface area contributed by atoms with Crippen LogP contribution in [0.3, 0.4) is 0 Å². The van der Waals surface area contributed by atoms with E-state index in [1.807, 2.05) is 0 Å². The molecule has 0 bridgehead atoms. The molecule has 3 atom stereocenters. The minimum absolute atomic E-state index is 0.335. The second kappa shape index (κ2) is 4.71. The number of fused-ring (bicyclic) bond motifs is 1. The summed E-state index contributed by atoms with van der Waals surface area (Å²) >= 11 is 5.62. The molecule has 1 nitrogen and oxygen atoms in total. The first-order valence-electron chi connectivity index (χ1n) is 5.83. The Hall–Kier alpha value is 0.01000. The molecule has 16 heavy (non-hydrogen) atoms. The summed E-state index contributed by atoms with van der Waals surface area (Å²) in [6.45, 7) is 0.925. The molecule has 2 fully saturated rings. The van der Waals surface area contributed by atoms with Gasteiger partial charge in [0.15, 0.2) is 0 Å². The highest BCUT2D eigenvalue weighted by atomic mass is 79.9. The van der Waals surface area contributed by atoms with Crippen molar-refractivity contribution in [3.63, 3.8) is 0 Å². The van der Waals surface area contributed by atoms with E-state index in [0.29, 0.717) is 6.10 Å². The van der Waals surface area contributed by atoms with Crippen molar-refractivity contribution in [3.8, 4) is 0 Å². The number of hydrogen-bond acceptors (Lipinski definition) is 2. The first-order chi connectivity index (χ1) is 7.84. The predicted molar refractivity (Wildman–Crippen MR) is 71.8 cm³/mol. The van der Waals surface area contributed by atoms with E-state index in [9.17, 15) is 0 Å². The fourth-order valence-electron chi connectivity index (χ4n) is 2.74. The van der Waals surface area contributed by atoms with Crippen LogP contribution in [0.4, 0.5) is 0 Å². The molecule has 0 radical (unpaired) electrons. The SMILES string of the molecule is Brc1ccc(C2OCC[C@H]3SCC[C@H]23)cc1. The molecule has 0 aromatic heterocycles. The maximum Gasteiger partial charge on any atom is 0.0863 e. The topological polar surface area (TPSA) is 9.23 Å². The van der Waals surface area contributed by atoms with Gasteiger partial charge >= 0.3 is 0 Å². The lowest BCUT2D eigenvalue weighted by Gasteiger charge is -2.33. The standard InChI is InChI=1S/C13H15BrOS/c14-10-3-1-9(2-4-10)13-11-6-8-16-12(11)5-7-15-13/h1-4,11-13H,5-8H2/t11-,12+,13?/m0/s1. The Bertz CT molecular complexity index is 365. The Morgan fingerprint density at radius 2 is 2.00 bits per heavy atom. The molecular formula is C13H15BrOS. The zero-order chi connectivity index (χ0) is 11.0. The van der Waals surface area contributed by atoms with Gasteiger partial charge in [0.1, 0.15) is 0 Å². The average Bonchev–Trinajstić information content (AvgIpc) is 2.78. The van der Waals surface area contributed by atoms with E-state index in [2.05, 4.69) is 52.0 Å². The number of hydrogen-bond donors (Lipinski definition) is 0. The van der Waals surface area contributed by atoms with Crippen molar-refractivity contribution in [2.75, 3.05) is 12.4 Å². The van der Waals surface area contributed by atoms with Crippen molar-refractivity contribution >= 4 is 27.7 Å². The summed E-state index contributed by atoms with van der Waals surface area (Å²) in [5.74, 6) is 2.05. The Balaban J connectivity index is 1.85. The van der Waals surface area contributed by atoms with E-state index in [1.54, 1.807) is 0 Å². The van der Waals surface area contributed by atoms with Crippen molar-refractivity contribution in [1.82, 2.24) is 0 Å². The second-order valence-corrected chi connectivity index (χ2v) is 6.76. The van der Waals surface area contributed by atoms with Gasteiger partial charge in [-0.15, -0.1) is 0 Å². The first-order valence-corrected chi connectivity index (χ1v) is 7.67. The quantitative estimate of drug-likeness (QED) is 0.774. The lowest BCUT2D eigenvalue weighted by atomic mass is 9.87. The summed E-state index contributed by atoms with van der Waals surface area (Å²) in [6, 6.07) is 8.62. The fourth-order valence-corrected chi connectivity index (χ4v) is 4.50. The van der Waals surface area contributed by atoms with Crippen LogP contribution in [0.15, 0.2) is 28.7 Å². The van der Waals surface area contributed by atoms with Gasteiger partial charge in [-0.3, -0.25) is 0 Å². The molecule has 1 aromatic rings. The molecule has 1 aromatic carbocycles. The Labute approximate surface area is 109 Å². The average molecular weight is 299 g/mol. The van der Waals surface area contributed by atoms with E-state index in [-0.39, 0.29) is 0 Å². The summed E-state index contributed by atoms with van der Waals surface area (Å²) in [7, 11) is 0. The van der Waals surface area contributed by atoms with Crippen LogP contribution >= 0.6 is 27.7 Å². The number of halogens is 1. The number of rotatable bonds is 1. The fraction of sp³-hybridized carbons (Fsp3) is 0.538. The molecule has 3 heteroatoms. The van der Waals surface area contributed by atoms with Crippen LogP contribution in [-0.2, 0) is 4.74 Å². The van der Waals surface area contributed by atoms with Gasteiger partial charge < -0.3 is 4.74 Å². The van der Waals surface area contributed by atoms with Gasteiger partial charge in [0.2, 0.25) is 0 Å². The van der Waals surface area contributed by atoms with Gasteiger partial charge in [-0.25, -0.2) is 0 Å². The monoisotopic (exact) mass is 298 g/mol. The summed E-state index contributed by atoms with van der Waals surface area (Å²) in [5.41, 5.74) is 1.35. The van der Waals surface area contributed by atoms with Crippen molar-refractivity contribution < 1.29 is 4.74 Å². The van der Waals surface area contributed by atoms with E-state index < -0.39 is 0 Å². The Morgan fingerprint density at radius 3 is 2.81 bits per heavy atom. The lowest BCUT2D eigenvalue weighted by Crippen LogP contribution is -2.29. The van der Waals surface area contributed by atoms with Crippen molar-refractivity contribution in [2.45, 2.75) is 24.2 Å². The van der Waals surface area contributed by atoms with E-state index in [4.69, 9.17) is 4.74 Å². The smallest absolute Gasteiger partial charge is 0.0863 e. The van der Waals surface area contributed by atoms with Gasteiger partial charge in [0.05, 0.1) is 6.10 Å². The molecule has 0 spiro atoms. The van der Waals surface area contributed by atoms with Gasteiger partial charge in [-0.1, -0.05) is 28.1 Å². The summed E-state index contributed by atoms with van der Waals surface area (Å²) < 4.78 is 7.13. The van der Waals surface area contributed by atoms with Crippen LogP contribution < -0.4 is 0 Å². The molecule has 0 saturated carbocycles. The second-order valence-electron chi connectivity index (χ2n) is 4.49. The molecule has 86 valence electrons. The van der Waals surface area contributed by atoms with E-state index in [1.165, 1.54) is 24.2 Å². The van der Waals surface area contributed by atoms with Gasteiger partial charge in [-0.05, 0) is 36.3 Å². The molecule has 3 rings (SSSR count). The zero-order valence-electron chi connectivity index (χ0n) is 9.06. The Kier molecular flexibility index (Phi) is 3.27. The van der Waals surface area contributed by atoms with E-state index >= 15 is 0 Å². The number of benzene rings is 1. The van der Waals surface area contributed by atoms with Gasteiger partial charge in [0, 0.05) is 22.2 Å². The Morgan fingerprint density at radius 1 is 1.19 bits per heavy atom. The highest BCUT2D eigenvalue weighted by molar-refractivity contribution is 9.10. The molecule has 2 saturated heterocycles. The molecule has 2 aliphatic rings. The highest BCUT2D eigenvalue weighted by Gasteiger charge is 2.38. The van der Waals surface area contributed by atoms with Crippen LogP contribution in [-0.4, -0.2) is 17.6 Å². The van der Waals surface area contributed by atoms with Crippen LogP contribution in [0, 0.1) is 5.92 Å². The minimum atomic E-state index is 0.335. The molecular weight excluding hydrogens is 284 g/mol. The highest BCUT2D eigenvalue weighted by Crippen LogP contribution is 2.46. The number of thioether (sulfide) groups is 1. The molecule has 2 aliphatic heterocycles. The summed E-state index contributed by atoms with van der Waals surface area (Å²) in [5, 5.41) is 0.836. The molecule has 2 heterocycles. The van der Waals surface area contributed by atoms with Crippen LogP contribution in [0.2, 0.25) is 0 Å². The molecule has 0 amide bonds. The van der Waals surface area contributed by atoms with Gasteiger partial charge in [-0.2, -0.15) is 11.8 Å². The van der Waals surface area contributed by atoms with Crippen LogP contribution in [0.5, 0.6) is 0 Å². The zero-order valence-corrected chi connectivity index (χ0v) is 11.5. The van der Waals surface area contributed by atoms with Crippen molar-refractivity contribution in [1.29, 1.82) is 0 Å². The van der Waals surface area contributed by atoms with Crippen molar-refractivity contribution in [3.05, 3.63) is 34.3 Å². The lowest BCUT2D eigenvalue weighted by molar-refractivity contribution is -0.0223. The molecule has 1 unspecified atom stereocenters. The maximum absolute atomic E-state index is 5.99. The first kappa shape index (κ1) is 11.1. The summed E-state index contributed by atoms with van der Waals surface area (Å²) in [6.07, 6.45) is 2.89. The largest absolute Gasteiger partial charge is 0.373 e. The third-order valence-corrected chi connectivity index (χ3v) is 5.56.